The minimum absolute atomic E-state index is 0.112. The van der Waals surface area contributed by atoms with Gasteiger partial charge in [0.15, 0.2) is 0 Å². The SMILES string of the molecule is COc1ccccc1CNC(=O)CCCN(c1cc(Cl)ccc1Cl)S(C)(=O)=O. The van der Waals surface area contributed by atoms with Gasteiger partial charge in [-0.15, -0.1) is 0 Å². The summed E-state index contributed by atoms with van der Waals surface area (Å²) in [5, 5.41) is 3.46. The van der Waals surface area contributed by atoms with Gasteiger partial charge in [-0.25, -0.2) is 8.42 Å². The first-order valence-electron chi connectivity index (χ1n) is 8.53. The predicted molar refractivity (Wildman–Crippen MR) is 113 cm³/mol. The number of halogens is 2. The Hall–Kier alpha value is -1.96. The molecule has 2 aromatic rings. The van der Waals surface area contributed by atoms with Crippen LogP contribution in [0.15, 0.2) is 42.5 Å². The minimum Gasteiger partial charge on any atom is -0.496 e. The number of para-hydroxylation sites is 1. The van der Waals surface area contributed by atoms with Crippen molar-refractivity contribution in [2.75, 3.05) is 24.2 Å². The fourth-order valence-corrected chi connectivity index (χ4v) is 4.06. The number of hydrogen-bond donors (Lipinski definition) is 1. The van der Waals surface area contributed by atoms with Gasteiger partial charge >= 0.3 is 0 Å². The molecule has 2 aromatic carbocycles. The van der Waals surface area contributed by atoms with E-state index in [1.54, 1.807) is 13.2 Å². The predicted octanol–water partition coefficient (Wildman–Crippen LogP) is 3.86. The first-order chi connectivity index (χ1) is 13.2. The number of nitrogens with one attached hydrogen (secondary N) is 1. The third kappa shape index (κ3) is 6.29. The van der Waals surface area contributed by atoms with Crippen LogP contribution in [0.2, 0.25) is 10.0 Å². The maximum atomic E-state index is 12.2. The Morgan fingerprint density at radius 3 is 2.57 bits per heavy atom. The van der Waals surface area contributed by atoms with E-state index < -0.39 is 10.0 Å². The molecular weight excluding hydrogens is 423 g/mol. The molecule has 0 aliphatic rings. The first kappa shape index (κ1) is 22.3. The van der Waals surface area contributed by atoms with E-state index in [1.165, 1.54) is 12.1 Å². The van der Waals surface area contributed by atoms with Crippen LogP contribution in [-0.4, -0.2) is 34.2 Å². The van der Waals surface area contributed by atoms with Gasteiger partial charge in [-0.05, 0) is 30.7 Å². The summed E-state index contributed by atoms with van der Waals surface area (Å²) >= 11 is 12.1. The zero-order valence-electron chi connectivity index (χ0n) is 15.6. The Balaban J connectivity index is 1.95. The quantitative estimate of drug-likeness (QED) is 0.636. The molecule has 0 aromatic heterocycles. The number of anilines is 1. The van der Waals surface area contributed by atoms with Gasteiger partial charge in [-0.3, -0.25) is 9.10 Å². The molecule has 1 amide bonds. The maximum Gasteiger partial charge on any atom is 0.232 e. The molecule has 0 radical (unpaired) electrons. The summed E-state index contributed by atoms with van der Waals surface area (Å²) in [5.74, 6) is 0.512. The first-order valence-corrected chi connectivity index (χ1v) is 11.1. The van der Waals surface area contributed by atoms with Crippen molar-refractivity contribution in [3.8, 4) is 5.75 Å². The standard InChI is InChI=1S/C19H22Cl2N2O4S/c1-27-18-7-4-3-6-14(18)13-22-19(24)8-5-11-23(28(2,25)26)17-12-15(20)9-10-16(17)21/h3-4,6-7,9-10,12H,5,8,11,13H2,1-2H3,(H,22,24). The zero-order valence-corrected chi connectivity index (χ0v) is 17.9. The average molecular weight is 445 g/mol. The fourth-order valence-electron chi connectivity index (χ4n) is 2.66. The summed E-state index contributed by atoms with van der Waals surface area (Å²) in [6.45, 7) is 0.444. The van der Waals surface area contributed by atoms with E-state index in [1.807, 2.05) is 24.3 Å². The lowest BCUT2D eigenvalue weighted by atomic mass is 10.2. The number of nitrogens with zero attached hydrogens (tertiary/aromatic N) is 1. The van der Waals surface area contributed by atoms with Gasteiger partial charge in [0.05, 0.1) is 24.1 Å². The van der Waals surface area contributed by atoms with Gasteiger partial charge in [-0.2, -0.15) is 0 Å². The number of benzene rings is 2. The molecule has 152 valence electrons. The van der Waals surface area contributed by atoms with Crippen LogP contribution < -0.4 is 14.4 Å². The lowest BCUT2D eigenvalue weighted by Gasteiger charge is -2.23. The largest absolute Gasteiger partial charge is 0.496 e. The van der Waals surface area contributed by atoms with Crippen molar-refractivity contribution < 1.29 is 17.9 Å². The van der Waals surface area contributed by atoms with E-state index >= 15 is 0 Å². The van der Waals surface area contributed by atoms with E-state index in [0.717, 1.165) is 16.1 Å². The monoisotopic (exact) mass is 444 g/mol. The molecule has 0 spiro atoms. The van der Waals surface area contributed by atoms with E-state index in [-0.39, 0.29) is 23.9 Å². The molecule has 0 aliphatic heterocycles. The van der Waals surface area contributed by atoms with Crippen LogP contribution in [0, 0.1) is 0 Å². The number of hydrogen-bond acceptors (Lipinski definition) is 4. The van der Waals surface area contributed by atoms with Crippen molar-refractivity contribution >= 4 is 44.8 Å². The Kier molecular flexibility index (Phi) is 7.98. The molecule has 0 heterocycles. The van der Waals surface area contributed by atoms with E-state index in [2.05, 4.69) is 5.32 Å². The smallest absolute Gasteiger partial charge is 0.232 e. The Bertz CT molecular complexity index is 935. The van der Waals surface area contributed by atoms with Crippen molar-refractivity contribution in [2.45, 2.75) is 19.4 Å². The van der Waals surface area contributed by atoms with Gasteiger partial charge < -0.3 is 10.1 Å². The third-order valence-electron chi connectivity index (χ3n) is 4.01. The van der Waals surface area contributed by atoms with Gasteiger partial charge in [0.1, 0.15) is 5.75 Å². The molecule has 0 atom stereocenters. The number of ether oxygens (including phenoxy) is 1. The highest BCUT2D eigenvalue weighted by atomic mass is 35.5. The number of sulfonamides is 1. The Labute approximate surface area is 175 Å². The van der Waals surface area contributed by atoms with E-state index in [9.17, 15) is 13.2 Å². The van der Waals surface area contributed by atoms with Gasteiger partial charge in [-0.1, -0.05) is 41.4 Å². The summed E-state index contributed by atoms with van der Waals surface area (Å²) in [4.78, 5) is 12.1. The van der Waals surface area contributed by atoms with E-state index in [4.69, 9.17) is 27.9 Å². The molecule has 2 rings (SSSR count). The summed E-state index contributed by atoms with van der Waals surface area (Å²) in [7, 11) is -2.01. The van der Waals surface area contributed by atoms with Gasteiger partial charge in [0, 0.05) is 30.1 Å². The van der Waals surface area contributed by atoms with Crippen molar-refractivity contribution in [3.05, 3.63) is 58.1 Å². The van der Waals surface area contributed by atoms with Crippen molar-refractivity contribution in [1.82, 2.24) is 5.32 Å². The molecule has 9 heteroatoms. The van der Waals surface area contributed by atoms with Gasteiger partial charge in [0.2, 0.25) is 15.9 Å². The van der Waals surface area contributed by atoms with Crippen LogP contribution >= 0.6 is 23.2 Å². The minimum atomic E-state index is -3.58. The lowest BCUT2D eigenvalue weighted by molar-refractivity contribution is -0.121. The number of carbonyl (C=O) groups excluding carboxylic acids is 1. The lowest BCUT2D eigenvalue weighted by Crippen LogP contribution is -2.32. The molecule has 6 nitrogen and oxygen atoms in total. The molecule has 28 heavy (non-hydrogen) atoms. The van der Waals surface area contributed by atoms with Crippen molar-refractivity contribution in [2.24, 2.45) is 0 Å². The Morgan fingerprint density at radius 2 is 1.89 bits per heavy atom. The number of methoxy groups -OCH3 is 1. The van der Waals surface area contributed by atoms with Crippen molar-refractivity contribution in [1.29, 1.82) is 0 Å². The molecular formula is C19H22Cl2N2O4S. The van der Waals surface area contributed by atoms with E-state index in [0.29, 0.717) is 29.4 Å². The van der Waals surface area contributed by atoms with Crippen LogP contribution in [0.4, 0.5) is 5.69 Å². The molecule has 0 fully saturated rings. The second-order valence-corrected chi connectivity index (χ2v) is 8.87. The summed E-state index contributed by atoms with van der Waals surface area (Å²) in [6, 6.07) is 12.0. The molecule has 0 aliphatic carbocycles. The third-order valence-corrected chi connectivity index (χ3v) is 5.75. The molecule has 1 N–H and O–H groups in total. The summed E-state index contributed by atoms with van der Waals surface area (Å²) < 4.78 is 30.7. The molecule has 0 unspecified atom stereocenters. The number of rotatable bonds is 9. The normalized spacial score (nSPS) is 11.1. The maximum absolute atomic E-state index is 12.2. The van der Waals surface area contributed by atoms with Crippen LogP contribution in [-0.2, 0) is 21.4 Å². The highest BCUT2D eigenvalue weighted by Gasteiger charge is 2.20. The number of amides is 1. The Morgan fingerprint density at radius 1 is 1.18 bits per heavy atom. The number of carbonyl (C=O) groups is 1. The van der Waals surface area contributed by atoms with Crippen LogP contribution in [0.5, 0.6) is 5.75 Å². The molecule has 0 saturated carbocycles. The fraction of sp³-hybridized carbons (Fsp3) is 0.316. The molecule has 0 bridgehead atoms. The summed E-state index contributed by atoms with van der Waals surface area (Å²) in [6.07, 6.45) is 1.58. The topological polar surface area (TPSA) is 75.7 Å². The molecule has 0 saturated heterocycles. The second-order valence-electron chi connectivity index (χ2n) is 6.12. The van der Waals surface area contributed by atoms with Crippen LogP contribution in [0.25, 0.3) is 0 Å². The highest BCUT2D eigenvalue weighted by Crippen LogP contribution is 2.30. The zero-order chi connectivity index (χ0) is 20.7. The second kappa shape index (κ2) is 10.0. The highest BCUT2D eigenvalue weighted by molar-refractivity contribution is 7.92. The average Bonchev–Trinajstić information content (AvgIpc) is 2.65. The summed E-state index contributed by atoms with van der Waals surface area (Å²) in [5.41, 5.74) is 1.16. The van der Waals surface area contributed by atoms with Crippen LogP contribution in [0.1, 0.15) is 18.4 Å². The van der Waals surface area contributed by atoms with Gasteiger partial charge in [0.25, 0.3) is 0 Å². The van der Waals surface area contributed by atoms with Crippen LogP contribution in [0.3, 0.4) is 0 Å². The van der Waals surface area contributed by atoms with Crippen molar-refractivity contribution in [3.63, 3.8) is 0 Å².